The monoisotopic (exact) mass is 1090 g/mol. The highest BCUT2D eigenvalue weighted by molar-refractivity contribution is 5.71. The molecule has 0 saturated carbocycles. The molecular formula is C73H120O6. The highest BCUT2D eigenvalue weighted by Gasteiger charge is 2.19. The molecule has 0 bridgehead atoms. The summed E-state index contributed by atoms with van der Waals surface area (Å²) in [4.78, 5) is 38.3. The van der Waals surface area contributed by atoms with E-state index in [9.17, 15) is 14.4 Å². The van der Waals surface area contributed by atoms with Crippen LogP contribution < -0.4 is 0 Å². The van der Waals surface area contributed by atoms with Crippen molar-refractivity contribution < 1.29 is 28.6 Å². The summed E-state index contributed by atoms with van der Waals surface area (Å²) >= 11 is 0. The largest absolute Gasteiger partial charge is 0.462 e. The average Bonchev–Trinajstić information content (AvgIpc) is 3.45. The van der Waals surface area contributed by atoms with Gasteiger partial charge in [-0.3, -0.25) is 14.4 Å². The second-order valence-electron chi connectivity index (χ2n) is 21.3. The normalized spacial score (nSPS) is 13.0. The smallest absolute Gasteiger partial charge is 0.306 e. The van der Waals surface area contributed by atoms with Gasteiger partial charge in [-0.1, -0.05) is 270 Å². The van der Waals surface area contributed by atoms with Gasteiger partial charge in [-0.25, -0.2) is 0 Å². The van der Waals surface area contributed by atoms with Gasteiger partial charge in [0.05, 0.1) is 0 Å². The van der Waals surface area contributed by atoms with E-state index in [2.05, 4.69) is 154 Å². The lowest BCUT2D eigenvalue weighted by atomic mass is 10.1. The molecule has 0 heterocycles. The van der Waals surface area contributed by atoms with E-state index < -0.39 is 6.10 Å². The van der Waals surface area contributed by atoms with E-state index in [1.54, 1.807) is 0 Å². The van der Waals surface area contributed by atoms with Crippen molar-refractivity contribution in [2.45, 2.75) is 297 Å². The number of hydrogen-bond donors (Lipinski definition) is 0. The fourth-order valence-electron chi connectivity index (χ4n) is 8.79. The quantitative estimate of drug-likeness (QED) is 0.0261. The van der Waals surface area contributed by atoms with Crippen LogP contribution in [0.3, 0.4) is 0 Å². The van der Waals surface area contributed by atoms with Gasteiger partial charge in [-0.05, 0) is 135 Å². The number of hydrogen-bond acceptors (Lipinski definition) is 6. The van der Waals surface area contributed by atoms with Crippen LogP contribution in [0.15, 0.2) is 134 Å². The first-order valence-corrected chi connectivity index (χ1v) is 32.7. The van der Waals surface area contributed by atoms with Gasteiger partial charge in [0.1, 0.15) is 13.2 Å². The van der Waals surface area contributed by atoms with Crippen LogP contribution in [0.5, 0.6) is 0 Å². The Hall–Kier alpha value is -4.45. The molecule has 0 saturated heterocycles. The van der Waals surface area contributed by atoms with Crippen LogP contribution in [0.2, 0.25) is 0 Å². The second-order valence-corrected chi connectivity index (χ2v) is 21.3. The molecule has 0 N–H and O–H groups in total. The molecule has 0 aliphatic rings. The van der Waals surface area contributed by atoms with Crippen molar-refractivity contribution >= 4 is 17.9 Å². The predicted molar refractivity (Wildman–Crippen MR) is 343 cm³/mol. The van der Waals surface area contributed by atoms with Crippen molar-refractivity contribution in [3.8, 4) is 0 Å². The molecule has 0 aromatic carbocycles. The summed E-state index contributed by atoms with van der Waals surface area (Å²) in [5, 5.41) is 0. The van der Waals surface area contributed by atoms with Gasteiger partial charge in [0.25, 0.3) is 0 Å². The van der Waals surface area contributed by atoms with Crippen LogP contribution in [0.25, 0.3) is 0 Å². The van der Waals surface area contributed by atoms with E-state index in [1.165, 1.54) is 109 Å². The maximum absolute atomic E-state index is 12.9. The highest BCUT2D eigenvalue weighted by atomic mass is 16.6. The summed E-state index contributed by atoms with van der Waals surface area (Å²) < 4.78 is 16.9. The third-order valence-electron chi connectivity index (χ3n) is 13.6. The molecule has 1 unspecified atom stereocenters. The van der Waals surface area contributed by atoms with Crippen LogP contribution in [0.1, 0.15) is 290 Å². The van der Waals surface area contributed by atoms with Gasteiger partial charge in [-0.15, -0.1) is 0 Å². The van der Waals surface area contributed by atoms with E-state index >= 15 is 0 Å². The van der Waals surface area contributed by atoms with Crippen LogP contribution in [0, 0.1) is 0 Å². The topological polar surface area (TPSA) is 78.9 Å². The number of rotatable bonds is 58. The molecule has 0 aromatic heterocycles. The fourth-order valence-corrected chi connectivity index (χ4v) is 8.79. The molecule has 79 heavy (non-hydrogen) atoms. The summed E-state index contributed by atoms with van der Waals surface area (Å²) in [6.45, 7) is 6.39. The second kappa shape index (κ2) is 66.1. The van der Waals surface area contributed by atoms with E-state index in [1.807, 2.05) is 0 Å². The van der Waals surface area contributed by atoms with Crippen molar-refractivity contribution in [1.29, 1.82) is 0 Å². The number of carbonyl (C=O) groups is 3. The van der Waals surface area contributed by atoms with E-state index in [4.69, 9.17) is 14.2 Å². The number of ether oxygens (including phenoxy) is 3. The first-order valence-electron chi connectivity index (χ1n) is 32.7. The van der Waals surface area contributed by atoms with Crippen molar-refractivity contribution in [1.82, 2.24) is 0 Å². The molecule has 0 rings (SSSR count). The Morgan fingerprint density at radius 3 is 0.785 bits per heavy atom. The zero-order chi connectivity index (χ0) is 57.1. The van der Waals surface area contributed by atoms with Crippen LogP contribution in [-0.2, 0) is 28.6 Å². The average molecular weight is 1090 g/mol. The Kier molecular flexibility index (Phi) is 62.3. The minimum absolute atomic E-state index is 0.0957. The first-order chi connectivity index (χ1) is 39.0. The molecule has 0 amide bonds. The minimum atomic E-state index is -0.802. The highest BCUT2D eigenvalue weighted by Crippen LogP contribution is 2.15. The third-order valence-corrected chi connectivity index (χ3v) is 13.6. The van der Waals surface area contributed by atoms with Gasteiger partial charge < -0.3 is 14.2 Å². The number of allylic oxidation sites excluding steroid dienone is 22. The molecular weight excluding hydrogens is 973 g/mol. The minimum Gasteiger partial charge on any atom is -0.462 e. The predicted octanol–water partition coefficient (Wildman–Crippen LogP) is 22.5. The lowest BCUT2D eigenvalue weighted by Crippen LogP contribution is -2.30. The molecule has 6 nitrogen and oxygen atoms in total. The molecule has 0 aromatic rings. The number of unbranched alkanes of at least 4 members (excludes halogenated alkanes) is 25. The lowest BCUT2D eigenvalue weighted by molar-refractivity contribution is -0.167. The molecule has 0 aliphatic heterocycles. The van der Waals surface area contributed by atoms with Crippen molar-refractivity contribution in [2.24, 2.45) is 0 Å². The summed E-state index contributed by atoms with van der Waals surface area (Å²) in [5.74, 6) is -0.928. The zero-order valence-electron chi connectivity index (χ0n) is 51.3. The summed E-state index contributed by atoms with van der Waals surface area (Å²) in [6, 6.07) is 0. The Balaban J connectivity index is 4.36. The summed E-state index contributed by atoms with van der Waals surface area (Å²) in [7, 11) is 0. The van der Waals surface area contributed by atoms with E-state index in [-0.39, 0.29) is 31.1 Å². The standard InChI is InChI=1S/C73H120O6/c1-4-7-10-13-16-19-22-25-28-30-31-32-33-34-35-36-37-38-39-40-41-43-45-48-51-54-57-60-63-66-72(75)78-69-70(68-77-71(74)65-62-59-56-53-50-47-44-27-24-21-18-15-12-9-6-3)79-73(76)67-64-61-58-55-52-49-46-42-29-26-23-20-17-14-11-8-5-2/h7-8,10-11,16-17,19-20,25-29,31-32,34-35,37-38,44,46,49,70H,4-6,9,12-15,18,21-24,30,33,36,39-43,45,47-48,50-69H2,1-3H3/b10-7-,11-8-,19-16-,20-17-,28-25-,29-26-,32-31-,35-34-,38-37-,44-27-,49-46-. The number of carbonyl (C=O) groups excluding carboxylic acids is 3. The lowest BCUT2D eigenvalue weighted by Gasteiger charge is -2.18. The summed E-state index contributed by atoms with van der Waals surface area (Å²) in [6.07, 6.45) is 93.1. The Bertz CT molecular complexity index is 1680. The van der Waals surface area contributed by atoms with Crippen LogP contribution in [0.4, 0.5) is 0 Å². The molecule has 0 fully saturated rings. The maximum atomic E-state index is 12.9. The van der Waals surface area contributed by atoms with Gasteiger partial charge >= 0.3 is 17.9 Å². The van der Waals surface area contributed by atoms with Gasteiger partial charge in [-0.2, -0.15) is 0 Å². The van der Waals surface area contributed by atoms with E-state index in [0.29, 0.717) is 19.3 Å². The molecule has 0 spiro atoms. The maximum Gasteiger partial charge on any atom is 0.306 e. The zero-order valence-corrected chi connectivity index (χ0v) is 51.3. The van der Waals surface area contributed by atoms with Crippen LogP contribution >= 0.6 is 0 Å². The van der Waals surface area contributed by atoms with Gasteiger partial charge in [0.2, 0.25) is 0 Å². The Morgan fingerprint density at radius 2 is 0.494 bits per heavy atom. The Morgan fingerprint density at radius 1 is 0.266 bits per heavy atom. The SMILES string of the molecule is CC/C=C\C/C=C\C/C=C\C/C=C\C/C=C\C/C=C\CCCCCCCCCCCCC(=O)OCC(COC(=O)CCCCCCC/C=C\CCCCCCCC)OC(=O)CCCCCC/C=C\C/C=C\C/C=C\C/C=C\CC. The third kappa shape index (κ3) is 64.3. The molecule has 0 aliphatic carbocycles. The van der Waals surface area contributed by atoms with Crippen molar-refractivity contribution in [3.63, 3.8) is 0 Å². The van der Waals surface area contributed by atoms with Crippen molar-refractivity contribution in [2.75, 3.05) is 13.2 Å². The molecule has 448 valence electrons. The molecule has 0 radical (unpaired) electrons. The van der Waals surface area contributed by atoms with Crippen molar-refractivity contribution in [3.05, 3.63) is 134 Å². The van der Waals surface area contributed by atoms with Crippen LogP contribution in [-0.4, -0.2) is 37.2 Å². The summed E-state index contributed by atoms with van der Waals surface area (Å²) in [5.41, 5.74) is 0. The fraction of sp³-hybridized carbons (Fsp3) is 0.658. The van der Waals surface area contributed by atoms with Gasteiger partial charge in [0, 0.05) is 19.3 Å². The first kappa shape index (κ1) is 74.5. The van der Waals surface area contributed by atoms with Gasteiger partial charge in [0.15, 0.2) is 6.10 Å². The Labute approximate surface area is 487 Å². The van der Waals surface area contributed by atoms with E-state index in [0.717, 1.165) is 141 Å². The molecule has 1 atom stereocenters. The molecule has 6 heteroatoms. The number of esters is 3.